The smallest absolute Gasteiger partial charge is 0.230 e. The van der Waals surface area contributed by atoms with Gasteiger partial charge in [0.2, 0.25) is 5.89 Å². The molecule has 4 rings (SSSR count). The highest BCUT2D eigenvalue weighted by atomic mass is 16.5. The third kappa shape index (κ3) is 2.48. The maximum Gasteiger partial charge on any atom is 0.230 e. The Morgan fingerprint density at radius 2 is 2.00 bits per heavy atom. The number of nitrogens with one attached hydrogen (secondary N) is 1. The van der Waals surface area contributed by atoms with Crippen molar-refractivity contribution < 1.29 is 4.52 Å². The third-order valence-corrected chi connectivity index (χ3v) is 4.31. The molecule has 104 valence electrons. The fraction of sp³-hybridized carbons (Fsp3) is 0.500. The molecule has 1 heterocycles. The van der Waals surface area contributed by atoms with E-state index in [4.69, 9.17) is 4.52 Å². The molecular formula is C16H19N3O. The Bertz CT molecular complexity index is 603. The van der Waals surface area contributed by atoms with Crippen LogP contribution in [-0.4, -0.2) is 16.2 Å². The lowest BCUT2D eigenvalue weighted by Gasteiger charge is -2.21. The maximum atomic E-state index is 5.47. The van der Waals surface area contributed by atoms with Crippen LogP contribution in [-0.2, 0) is 19.4 Å². The Hall–Kier alpha value is -1.68. The van der Waals surface area contributed by atoms with Gasteiger partial charge in [-0.1, -0.05) is 29.4 Å². The first-order chi connectivity index (χ1) is 9.88. The predicted octanol–water partition coefficient (Wildman–Crippen LogP) is 2.59. The summed E-state index contributed by atoms with van der Waals surface area (Å²) in [6.45, 7) is 0.734. The fourth-order valence-electron chi connectivity index (χ4n) is 2.94. The van der Waals surface area contributed by atoms with E-state index in [1.807, 2.05) is 0 Å². The normalized spacial score (nSPS) is 21.7. The van der Waals surface area contributed by atoms with Crippen molar-refractivity contribution in [2.24, 2.45) is 0 Å². The zero-order chi connectivity index (χ0) is 13.4. The van der Waals surface area contributed by atoms with Crippen molar-refractivity contribution in [2.45, 2.75) is 50.6 Å². The van der Waals surface area contributed by atoms with Gasteiger partial charge in [0.05, 0.1) is 6.54 Å². The summed E-state index contributed by atoms with van der Waals surface area (Å²) in [5, 5.41) is 7.52. The molecule has 0 saturated heterocycles. The van der Waals surface area contributed by atoms with Gasteiger partial charge in [-0.3, -0.25) is 0 Å². The van der Waals surface area contributed by atoms with Crippen LogP contribution in [0.15, 0.2) is 28.8 Å². The largest absolute Gasteiger partial charge is 0.339 e. The topological polar surface area (TPSA) is 51.0 Å². The van der Waals surface area contributed by atoms with E-state index in [0.29, 0.717) is 12.0 Å². The molecule has 2 aliphatic carbocycles. The van der Waals surface area contributed by atoms with Crippen LogP contribution in [0.4, 0.5) is 0 Å². The van der Waals surface area contributed by atoms with Gasteiger partial charge in [-0.15, -0.1) is 0 Å². The molecule has 1 aromatic carbocycles. The molecule has 1 fully saturated rings. The fourth-order valence-corrected chi connectivity index (χ4v) is 2.94. The van der Waals surface area contributed by atoms with Gasteiger partial charge >= 0.3 is 0 Å². The van der Waals surface area contributed by atoms with E-state index in [-0.39, 0.29) is 0 Å². The molecule has 1 saturated carbocycles. The lowest BCUT2D eigenvalue weighted by atomic mass is 9.84. The van der Waals surface area contributed by atoms with E-state index in [1.54, 1.807) is 0 Å². The molecule has 0 amide bonds. The molecule has 1 atom stereocenters. The van der Waals surface area contributed by atoms with E-state index >= 15 is 0 Å². The Labute approximate surface area is 118 Å². The van der Waals surface area contributed by atoms with Crippen molar-refractivity contribution in [2.75, 3.05) is 0 Å². The summed E-state index contributed by atoms with van der Waals surface area (Å²) >= 11 is 0. The number of benzene rings is 1. The number of aromatic nitrogens is 2. The summed E-state index contributed by atoms with van der Waals surface area (Å²) in [6.07, 6.45) is 5.80. The minimum absolute atomic E-state index is 0.382. The molecule has 0 bridgehead atoms. The number of hydrogen-bond donors (Lipinski definition) is 1. The number of aryl methyl sites for hydroxylation is 1. The first-order valence-corrected chi connectivity index (χ1v) is 7.51. The highest BCUT2D eigenvalue weighted by molar-refractivity contribution is 5.31. The molecular weight excluding hydrogens is 250 g/mol. The van der Waals surface area contributed by atoms with Crippen molar-refractivity contribution in [3.63, 3.8) is 0 Å². The van der Waals surface area contributed by atoms with Gasteiger partial charge in [0.1, 0.15) is 0 Å². The van der Waals surface area contributed by atoms with Gasteiger partial charge in [-0.2, -0.15) is 4.98 Å². The van der Waals surface area contributed by atoms with Crippen LogP contribution in [0, 0.1) is 0 Å². The van der Waals surface area contributed by atoms with Gasteiger partial charge in [-0.25, -0.2) is 0 Å². The maximum absolute atomic E-state index is 5.47. The van der Waals surface area contributed by atoms with Crippen molar-refractivity contribution >= 4 is 0 Å². The highest BCUT2D eigenvalue weighted by Crippen LogP contribution is 2.31. The Morgan fingerprint density at radius 1 is 1.15 bits per heavy atom. The second-order valence-electron chi connectivity index (χ2n) is 5.91. The van der Waals surface area contributed by atoms with E-state index < -0.39 is 0 Å². The number of nitrogens with zero attached hydrogens (tertiary/aromatic N) is 2. The third-order valence-electron chi connectivity index (χ3n) is 4.31. The molecule has 4 nitrogen and oxygen atoms in total. The number of rotatable bonds is 4. The molecule has 0 radical (unpaired) electrons. The molecule has 1 unspecified atom stereocenters. The molecule has 2 aromatic rings. The van der Waals surface area contributed by atoms with Crippen LogP contribution in [0.1, 0.15) is 48.0 Å². The molecule has 4 heteroatoms. The second-order valence-corrected chi connectivity index (χ2v) is 5.91. The van der Waals surface area contributed by atoms with Crippen molar-refractivity contribution in [3.8, 4) is 0 Å². The lowest BCUT2D eigenvalue weighted by molar-refractivity contribution is 0.336. The van der Waals surface area contributed by atoms with Gasteiger partial charge in [0, 0.05) is 12.0 Å². The second kappa shape index (κ2) is 5.02. The number of fused-ring (bicyclic) bond motifs is 1. The zero-order valence-electron chi connectivity index (χ0n) is 11.5. The standard InChI is InChI=1S/C16H19N3O/c1-2-4-12-9-13(6-5-11(12)3-1)16-18-15(19-20-16)10-17-14-7-8-14/h1-4,13-14,17H,5-10H2. The van der Waals surface area contributed by atoms with Crippen LogP contribution in [0.5, 0.6) is 0 Å². The van der Waals surface area contributed by atoms with Crippen LogP contribution < -0.4 is 5.32 Å². The summed E-state index contributed by atoms with van der Waals surface area (Å²) in [6, 6.07) is 9.35. The summed E-state index contributed by atoms with van der Waals surface area (Å²) in [5.41, 5.74) is 2.90. The summed E-state index contributed by atoms with van der Waals surface area (Å²) in [7, 11) is 0. The lowest BCUT2D eigenvalue weighted by Crippen LogP contribution is -2.16. The summed E-state index contributed by atoms with van der Waals surface area (Å²) < 4.78 is 5.47. The van der Waals surface area contributed by atoms with Crippen molar-refractivity contribution in [1.29, 1.82) is 0 Å². The van der Waals surface area contributed by atoms with Gasteiger partial charge in [0.15, 0.2) is 5.82 Å². The average Bonchev–Trinajstić information content (AvgIpc) is 3.21. The predicted molar refractivity (Wildman–Crippen MR) is 75.4 cm³/mol. The average molecular weight is 269 g/mol. The molecule has 2 aliphatic rings. The first-order valence-electron chi connectivity index (χ1n) is 7.51. The molecule has 20 heavy (non-hydrogen) atoms. The van der Waals surface area contributed by atoms with E-state index in [9.17, 15) is 0 Å². The van der Waals surface area contributed by atoms with Crippen LogP contribution in [0.2, 0.25) is 0 Å². The van der Waals surface area contributed by atoms with E-state index in [2.05, 4.69) is 39.7 Å². The monoisotopic (exact) mass is 269 g/mol. The minimum atomic E-state index is 0.382. The highest BCUT2D eigenvalue weighted by Gasteiger charge is 2.25. The Morgan fingerprint density at radius 3 is 2.85 bits per heavy atom. The molecule has 1 aromatic heterocycles. The van der Waals surface area contributed by atoms with Gasteiger partial charge in [-0.05, 0) is 43.2 Å². The van der Waals surface area contributed by atoms with E-state index in [0.717, 1.165) is 37.5 Å². The van der Waals surface area contributed by atoms with Crippen LogP contribution in [0.3, 0.4) is 0 Å². The zero-order valence-corrected chi connectivity index (χ0v) is 11.5. The quantitative estimate of drug-likeness (QED) is 0.927. The van der Waals surface area contributed by atoms with Crippen molar-refractivity contribution in [1.82, 2.24) is 15.5 Å². The van der Waals surface area contributed by atoms with E-state index in [1.165, 1.54) is 24.0 Å². The number of hydrogen-bond acceptors (Lipinski definition) is 4. The van der Waals surface area contributed by atoms with Gasteiger partial charge in [0.25, 0.3) is 0 Å². The van der Waals surface area contributed by atoms with Crippen LogP contribution in [0.25, 0.3) is 0 Å². The minimum Gasteiger partial charge on any atom is -0.339 e. The molecule has 0 spiro atoms. The Balaban J connectivity index is 1.45. The van der Waals surface area contributed by atoms with Crippen molar-refractivity contribution in [3.05, 3.63) is 47.1 Å². The Kier molecular flexibility index (Phi) is 3.03. The molecule has 0 aliphatic heterocycles. The first kappa shape index (κ1) is 12.1. The van der Waals surface area contributed by atoms with Crippen LogP contribution >= 0.6 is 0 Å². The summed E-state index contributed by atoms with van der Waals surface area (Å²) in [5.74, 6) is 1.99. The van der Waals surface area contributed by atoms with Gasteiger partial charge < -0.3 is 9.84 Å². The molecule has 1 N–H and O–H groups in total. The SMILES string of the molecule is c1ccc2c(c1)CCC(c1nc(CNC3CC3)no1)C2. The summed E-state index contributed by atoms with van der Waals surface area (Å²) in [4.78, 5) is 4.57.